The first-order valence-corrected chi connectivity index (χ1v) is 9.51. The molecule has 5 nitrogen and oxygen atoms in total. The van der Waals surface area contributed by atoms with Crippen LogP contribution in [0.1, 0.15) is 18.4 Å². The van der Waals surface area contributed by atoms with Crippen molar-refractivity contribution in [1.29, 1.82) is 0 Å². The number of benzene rings is 1. The van der Waals surface area contributed by atoms with Crippen LogP contribution in [-0.2, 0) is 16.1 Å². The Morgan fingerprint density at radius 3 is 2.84 bits per heavy atom. The lowest BCUT2D eigenvalue weighted by atomic mass is 9.89. The Balaban J connectivity index is 1.36. The Morgan fingerprint density at radius 2 is 2.16 bits per heavy atom. The number of amides is 1. The van der Waals surface area contributed by atoms with Gasteiger partial charge in [-0.05, 0) is 36.5 Å². The standard InChI is InChI=1S/C19H26ClN3O2/c1-21-18(24)17-10-25-19(13-23(17)9-14-5-6-14)11-22(12-19)8-15-3-2-4-16(20)7-15/h2-4,7,14,17H,5-6,8-13H2,1H3,(H,21,24)/t17-/m0/s1. The van der Waals surface area contributed by atoms with Crippen LogP contribution in [0.15, 0.2) is 24.3 Å². The molecule has 1 saturated carbocycles. The summed E-state index contributed by atoms with van der Waals surface area (Å²) in [6.07, 6.45) is 2.59. The quantitative estimate of drug-likeness (QED) is 0.865. The van der Waals surface area contributed by atoms with Crippen LogP contribution in [0, 0.1) is 5.92 Å². The maximum absolute atomic E-state index is 12.2. The van der Waals surface area contributed by atoms with Gasteiger partial charge >= 0.3 is 0 Å². The average Bonchev–Trinajstić information content (AvgIpc) is 3.37. The summed E-state index contributed by atoms with van der Waals surface area (Å²) in [5.41, 5.74) is 1.12. The second kappa shape index (κ2) is 6.88. The highest BCUT2D eigenvalue weighted by atomic mass is 35.5. The molecular weight excluding hydrogens is 338 g/mol. The smallest absolute Gasteiger partial charge is 0.239 e. The molecule has 2 heterocycles. The Hall–Kier alpha value is -1.14. The molecule has 4 rings (SSSR count). The van der Waals surface area contributed by atoms with Crippen LogP contribution in [-0.4, -0.2) is 67.2 Å². The van der Waals surface area contributed by atoms with Gasteiger partial charge in [0.1, 0.15) is 11.6 Å². The summed E-state index contributed by atoms with van der Waals surface area (Å²) in [4.78, 5) is 16.9. The van der Waals surface area contributed by atoms with Crippen LogP contribution in [0.5, 0.6) is 0 Å². The second-order valence-corrected chi connectivity index (χ2v) is 8.21. The van der Waals surface area contributed by atoms with E-state index in [1.165, 1.54) is 18.4 Å². The number of carbonyl (C=O) groups excluding carboxylic acids is 1. The van der Waals surface area contributed by atoms with Crippen LogP contribution >= 0.6 is 11.6 Å². The normalized spacial score (nSPS) is 26.4. The fourth-order valence-electron chi connectivity index (χ4n) is 4.08. The van der Waals surface area contributed by atoms with Gasteiger partial charge in [0.15, 0.2) is 0 Å². The zero-order valence-corrected chi connectivity index (χ0v) is 15.5. The summed E-state index contributed by atoms with van der Waals surface area (Å²) in [5, 5.41) is 3.57. The molecule has 1 aromatic carbocycles. The number of halogens is 1. The maximum Gasteiger partial charge on any atom is 0.239 e. The molecule has 2 aliphatic heterocycles. The van der Waals surface area contributed by atoms with E-state index in [1.54, 1.807) is 7.05 Å². The predicted molar refractivity (Wildman–Crippen MR) is 97.6 cm³/mol. The van der Waals surface area contributed by atoms with Gasteiger partial charge in [-0.15, -0.1) is 0 Å². The van der Waals surface area contributed by atoms with Gasteiger partial charge in [0.25, 0.3) is 0 Å². The molecule has 1 aromatic rings. The van der Waals surface area contributed by atoms with Crippen molar-refractivity contribution in [2.24, 2.45) is 5.92 Å². The molecule has 2 saturated heterocycles. The minimum Gasteiger partial charge on any atom is -0.369 e. The number of nitrogens with one attached hydrogen (secondary N) is 1. The van der Waals surface area contributed by atoms with Gasteiger partial charge in [0.05, 0.1) is 6.61 Å². The molecule has 1 aliphatic carbocycles. The number of morpholine rings is 1. The Bertz CT molecular complexity index is 643. The van der Waals surface area contributed by atoms with E-state index in [1.807, 2.05) is 18.2 Å². The van der Waals surface area contributed by atoms with Crippen LogP contribution in [0.3, 0.4) is 0 Å². The highest BCUT2D eigenvalue weighted by molar-refractivity contribution is 6.30. The highest BCUT2D eigenvalue weighted by Gasteiger charge is 2.50. The monoisotopic (exact) mass is 363 g/mol. The molecule has 1 atom stereocenters. The van der Waals surface area contributed by atoms with Crippen molar-refractivity contribution in [2.75, 3.05) is 39.8 Å². The van der Waals surface area contributed by atoms with E-state index in [4.69, 9.17) is 16.3 Å². The van der Waals surface area contributed by atoms with E-state index < -0.39 is 0 Å². The largest absolute Gasteiger partial charge is 0.369 e. The van der Waals surface area contributed by atoms with Crippen molar-refractivity contribution in [1.82, 2.24) is 15.1 Å². The Labute approximate surface area is 154 Å². The first kappa shape index (κ1) is 17.3. The van der Waals surface area contributed by atoms with E-state index in [-0.39, 0.29) is 17.6 Å². The number of likely N-dealkylation sites (N-methyl/N-ethyl adjacent to an activating group) is 1. The van der Waals surface area contributed by atoms with Crippen LogP contribution in [0.4, 0.5) is 0 Å². The van der Waals surface area contributed by atoms with Crippen molar-refractivity contribution in [3.63, 3.8) is 0 Å². The van der Waals surface area contributed by atoms with E-state index >= 15 is 0 Å². The molecule has 0 bridgehead atoms. The van der Waals surface area contributed by atoms with Crippen LogP contribution in [0.2, 0.25) is 5.02 Å². The van der Waals surface area contributed by atoms with Crippen molar-refractivity contribution in [3.05, 3.63) is 34.9 Å². The zero-order valence-electron chi connectivity index (χ0n) is 14.7. The molecular formula is C19H26ClN3O2. The number of likely N-dealkylation sites (tertiary alicyclic amines) is 1. The minimum atomic E-state index is -0.141. The predicted octanol–water partition coefficient (Wildman–Crippen LogP) is 1.75. The second-order valence-electron chi connectivity index (χ2n) is 7.77. The number of carbonyl (C=O) groups is 1. The van der Waals surface area contributed by atoms with Crippen LogP contribution in [0.25, 0.3) is 0 Å². The summed E-state index contributed by atoms with van der Waals surface area (Å²) < 4.78 is 6.19. The zero-order chi connectivity index (χ0) is 17.4. The summed E-state index contributed by atoms with van der Waals surface area (Å²) >= 11 is 6.08. The molecule has 25 heavy (non-hydrogen) atoms. The summed E-state index contributed by atoms with van der Waals surface area (Å²) in [5.74, 6) is 0.843. The van der Waals surface area contributed by atoms with Crippen LogP contribution < -0.4 is 5.32 Å². The lowest BCUT2D eigenvalue weighted by Gasteiger charge is -2.55. The SMILES string of the molecule is CNC(=O)[C@@H]1COC2(CN(Cc3cccc(Cl)c3)C2)CN1CC1CC1. The molecule has 1 amide bonds. The van der Waals surface area contributed by atoms with Gasteiger partial charge in [-0.3, -0.25) is 14.6 Å². The van der Waals surface area contributed by atoms with E-state index in [0.29, 0.717) is 6.61 Å². The molecule has 3 aliphatic rings. The number of nitrogens with zero attached hydrogens (tertiary/aromatic N) is 2. The highest BCUT2D eigenvalue weighted by Crippen LogP contribution is 2.36. The molecule has 0 radical (unpaired) electrons. The first-order chi connectivity index (χ1) is 12.1. The molecule has 3 fully saturated rings. The molecule has 0 unspecified atom stereocenters. The Kier molecular flexibility index (Phi) is 4.75. The summed E-state index contributed by atoms with van der Waals surface area (Å²) in [6.45, 7) is 5.11. The summed E-state index contributed by atoms with van der Waals surface area (Å²) in [6, 6.07) is 7.89. The molecule has 6 heteroatoms. The summed E-state index contributed by atoms with van der Waals surface area (Å²) in [7, 11) is 1.71. The topological polar surface area (TPSA) is 44.8 Å². The first-order valence-electron chi connectivity index (χ1n) is 9.13. The maximum atomic E-state index is 12.2. The number of hydrogen-bond donors (Lipinski definition) is 1. The number of rotatable bonds is 5. The fourth-order valence-corrected chi connectivity index (χ4v) is 4.30. The van der Waals surface area contributed by atoms with Gasteiger partial charge in [-0.2, -0.15) is 0 Å². The van der Waals surface area contributed by atoms with E-state index in [2.05, 4.69) is 21.2 Å². The van der Waals surface area contributed by atoms with Crippen molar-refractivity contribution >= 4 is 17.5 Å². The number of hydrogen-bond acceptors (Lipinski definition) is 4. The van der Waals surface area contributed by atoms with Gasteiger partial charge in [0, 0.05) is 44.8 Å². The molecule has 136 valence electrons. The minimum absolute atomic E-state index is 0.0746. The third kappa shape index (κ3) is 3.85. The molecule has 0 aromatic heterocycles. The lowest BCUT2D eigenvalue weighted by Crippen LogP contribution is -2.72. The molecule has 1 spiro atoms. The third-order valence-electron chi connectivity index (χ3n) is 5.54. The average molecular weight is 364 g/mol. The van der Waals surface area contributed by atoms with Crippen molar-refractivity contribution in [3.8, 4) is 0 Å². The van der Waals surface area contributed by atoms with Gasteiger partial charge in [0.2, 0.25) is 5.91 Å². The Morgan fingerprint density at radius 1 is 1.36 bits per heavy atom. The number of ether oxygens (including phenoxy) is 1. The van der Waals surface area contributed by atoms with Gasteiger partial charge in [-0.1, -0.05) is 23.7 Å². The van der Waals surface area contributed by atoms with Crippen molar-refractivity contribution < 1.29 is 9.53 Å². The van der Waals surface area contributed by atoms with E-state index in [0.717, 1.165) is 43.7 Å². The lowest BCUT2D eigenvalue weighted by molar-refractivity contribution is -0.203. The van der Waals surface area contributed by atoms with E-state index in [9.17, 15) is 4.79 Å². The van der Waals surface area contributed by atoms with Gasteiger partial charge in [-0.25, -0.2) is 0 Å². The van der Waals surface area contributed by atoms with Gasteiger partial charge < -0.3 is 10.1 Å². The molecule has 1 N–H and O–H groups in total. The third-order valence-corrected chi connectivity index (χ3v) is 5.77. The van der Waals surface area contributed by atoms with Crippen molar-refractivity contribution in [2.45, 2.75) is 31.0 Å². The fraction of sp³-hybridized carbons (Fsp3) is 0.632.